The zero-order chi connectivity index (χ0) is 14.5. The van der Waals surface area contributed by atoms with E-state index in [1.807, 2.05) is 19.9 Å². The van der Waals surface area contributed by atoms with Gasteiger partial charge in [0.25, 0.3) is 0 Å². The summed E-state index contributed by atoms with van der Waals surface area (Å²) >= 11 is 0. The summed E-state index contributed by atoms with van der Waals surface area (Å²) in [7, 11) is -3.17. The SMILES string of the molecule is CCCS(=O)(=O)c1cccc(C(C)C(CN)CN)c1. The van der Waals surface area contributed by atoms with Crippen LogP contribution in [0.1, 0.15) is 31.7 Å². The van der Waals surface area contributed by atoms with Gasteiger partial charge in [0.2, 0.25) is 0 Å². The second-order valence-corrected chi connectivity index (χ2v) is 7.02. The Labute approximate surface area is 116 Å². The van der Waals surface area contributed by atoms with E-state index in [4.69, 9.17) is 11.5 Å². The lowest BCUT2D eigenvalue weighted by Crippen LogP contribution is -2.28. The third-order valence-corrected chi connectivity index (χ3v) is 5.45. The lowest BCUT2D eigenvalue weighted by atomic mass is 9.88. The van der Waals surface area contributed by atoms with Gasteiger partial charge in [-0.15, -0.1) is 0 Å². The average Bonchev–Trinajstić information content (AvgIpc) is 2.40. The molecule has 4 N–H and O–H groups in total. The van der Waals surface area contributed by atoms with Crippen molar-refractivity contribution < 1.29 is 8.42 Å². The molecular formula is C14H24N2O2S. The highest BCUT2D eigenvalue weighted by Gasteiger charge is 2.19. The van der Waals surface area contributed by atoms with Gasteiger partial charge in [0.1, 0.15) is 0 Å². The molecule has 0 heterocycles. The van der Waals surface area contributed by atoms with Crippen molar-refractivity contribution in [1.29, 1.82) is 0 Å². The Bertz CT molecular complexity index is 496. The van der Waals surface area contributed by atoms with Crippen LogP contribution < -0.4 is 11.5 Å². The van der Waals surface area contributed by atoms with E-state index >= 15 is 0 Å². The minimum Gasteiger partial charge on any atom is -0.330 e. The highest BCUT2D eigenvalue weighted by Crippen LogP contribution is 2.25. The van der Waals surface area contributed by atoms with E-state index in [0.29, 0.717) is 24.4 Å². The highest BCUT2D eigenvalue weighted by atomic mass is 32.2. The van der Waals surface area contributed by atoms with Crippen molar-refractivity contribution in [2.24, 2.45) is 17.4 Å². The lowest BCUT2D eigenvalue weighted by molar-refractivity contribution is 0.466. The molecule has 108 valence electrons. The molecule has 0 radical (unpaired) electrons. The number of hydrogen-bond donors (Lipinski definition) is 2. The molecule has 0 fully saturated rings. The molecule has 1 rings (SSSR count). The van der Waals surface area contributed by atoms with Crippen LogP contribution >= 0.6 is 0 Å². The summed E-state index contributed by atoms with van der Waals surface area (Å²) in [6.45, 7) is 4.91. The zero-order valence-corrected chi connectivity index (χ0v) is 12.5. The molecule has 0 saturated heterocycles. The first-order valence-electron chi connectivity index (χ1n) is 6.69. The maximum Gasteiger partial charge on any atom is 0.178 e. The van der Waals surface area contributed by atoms with Gasteiger partial charge in [-0.25, -0.2) is 8.42 Å². The maximum atomic E-state index is 12.1. The Morgan fingerprint density at radius 2 is 1.84 bits per heavy atom. The molecule has 19 heavy (non-hydrogen) atoms. The summed E-state index contributed by atoms with van der Waals surface area (Å²) in [5.74, 6) is 0.512. The number of sulfone groups is 1. The largest absolute Gasteiger partial charge is 0.330 e. The summed E-state index contributed by atoms with van der Waals surface area (Å²) in [6, 6.07) is 7.14. The fraction of sp³-hybridized carbons (Fsp3) is 0.571. The summed E-state index contributed by atoms with van der Waals surface area (Å²) in [5.41, 5.74) is 12.4. The molecule has 1 aromatic rings. The second kappa shape index (κ2) is 7.03. The molecule has 0 saturated carbocycles. The van der Waals surface area contributed by atoms with Crippen molar-refractivity contribution in [3.63, 3.8) is 0 Å². The van der Waals surface area contributed by atoms with E-state index in [2.05, 4.69) is 0 Å². The van der Waals surface area contributed by atoms with Crippen molar-refractivity contribution in [2.45, 2.75) is 31.1 Å². The van der Waals surface area contributed by atoms with Gasteiger partial charge >= 0.3 is 0 Å². The van der Waals surface area contributed by atoms with E-state index < -0.39 is 9.84 Å². The van der Waals surface area contributed by atoms with Crippen LogP contribution in [-0.2, 0) is 9.84 Å². The van der Waals surface area contributed by atoms with Crippen LogP contribution in [0.5, 0.6) is 0 Å². The van der Waals surface area contributed by atoms with Gasteiger partial charge in [-0.2, -0.15) is 0 Å². The first-order valence-corrected chi connectivity index (χ1v) is 8.34. The Balaban J connectivity index is 3.07. The number of benzene rings is 1. The number of hydrogen-bond acceptors (Lipinski definition) is 4. The molecule has 0 aliphatic carbocycles. The van der Waals surface area contributed by atoms with Crippen molar-refractivity contribution >= 4 is 9.84 Å². The van der Waals surface area contributed by atoms with Gasteiger partial charge in [-0.1, -0.05) is 26.0 Å². The van der Waals surface area contributed by atoms with Crippen molar-refractivity contribution in [1.82, 2.24) is 0 Å². The molecule has 1 aromatic carbocycles. The van der Waals surface area contributed by atoms with Crippen LogP contribution in [0.2, 0.25) is 0 Å². The molecule has 0 amide bonds. The quantitative estimate of drug-likeness (QED) is 0.794. The van der Waals surface area contributed by atoms with E-state index in [1.165, 1.54) is 0 Å². The molecule has 0 aliphatic heterocycles. The monoisotopic (exact) mass is 284 g/mol. The Morgan fingerprint density at radius 3 is 2.37 bits per heavy atom. The predicted molar refractivity (Wildman–Crippen MR) is 78.8 cm³/mol. The minimum atomic E-state index is -3.17. The third kappa shape index (κ3) is 4.03. The van der Waals surface area contributed by atoms with Gasteiger partial charge < -0.3 is 11.5 Å². The molecule has 0 bridgehead atoms. The first kappa shape index (κ1) is 16.1. The van der Waals surface area contributed by atoms with Crippen LogP contribution in [0.25, 0.3) is 0 Å². The molecule has 0 aliphatic rings. The third-order valence-electron chi connectivity index (χ3n) is 3.53. The second-order valence-electron chi connectivity index (χ2n) is 4.91. The van der Waals surface area contributed by atoms with Gasteiger partial charge in [0.05, 0.1) is 10.6 Å². The van der Waals surface area contributed by atoms with Gasteiger partial charge in [-0.3, -0.25) is 0 Å². The first-order chi connectivity index (χ1) is 8.96. The minimum absolute atomic E-state index is 0.159. The van der Waals surface area contributed by atoms with Gasteiger partial charge in [0, 0.05) is 0 Å². The molecule has 0 aromatic heterocycles. The Hall–Kier alpha value is -0.910. The van der Waals surface area contributed by atoms with Gasteiger partial charge in [0.15, 0.2) is 9.84 Å². The van der Waals surface area contributed by atoms with Crippen LogP contribution in [0, 0.1) is 5.92 Å². The maximum absolute atomic E-state index is 12.1. The van der Waals surface area contributed by atoms with Crippen LogP contribution in [0.4, 0.5) is 0 Å². The van der Waals surface area contributed by atoms with Crippen molar-refractivity contribution in [3.8, 4) is 0 Å². The fourth-order valence-corrected chi connectivity index (χ4v) is 3.53. The molecule has 5 heteroatoms. The zero-order valence-electron chi connectivity index (χ0n) is 11.7. The van der Waals surface area contributed by atoms with Crippen LogP contribution in [-0.4, -0.2) is 27.3 Å². The van der Waals surface area contributed by atoms with E-state index in [1.54, 1.807) is 18.2 Å². The van der Waals surface area contributed by atoms with E-state index in [-0.39, 0.29) is 17.6 Å². The molecule has 0 spiro atoms. The van der Waals surface area contributed by atoms with Crippen LogP contribution in [0.3, 0.4) is 0 Å². The standard InChI is InChI=1S/C14H24N2O2S/c1-3-7-19(17,18)14-6-4-5-12(8-14)11(2)13(9-15)10-16/h4-6,8,11,13H,3,7,9-10,15-16H2,1-2H3. The summed E-state index contributed by atoms with van der Waals surface area (Å²) in [5, 5.41) is 0. The smallest absolute Gasteiger partial charge is 0.178 e. The lowest BCUT2D eigenvalue weighted by Gasteiger charge is -2.21. The van der Waals surface area contributed by atoms with Gasteiger partial charge in [-0.05, 0) is 49.0 Å². The van der Waals surface area contributed by atoms with Crippen LogP contribution in [0.15, 0.2) is 29.2 Å². The fourth-order valence-electron chi connectivity index (χ4n) is 2.15. The molecular weight excluding hydrogens is 260 g/mol. The predicted octanol–water partition coefficient (Wildman–Crippen LogP) is 1.51. The average molecular weight is 284 g/mol. The van der Waals surface area contributed by atoms with Crippen molar-refractivity contribution in [2.75, 3.05) is 18.8 Å². The summed E-state index contributed by atoms with van der Waals surface area (Å²) in [6.07, 6.45) is 0.621. The topological polar surface area (TPSA) is 86.2 Å². The normalized spacial score (nSPS) is 13.7. The Kier molecular flexibility index (Phi) is 5.97. The molecule has 4 nitrogen and oxygen atoms in total. The number of nitrogens with two attached hydrogens (primary N) is 2. The highest BCUT2D eigenvalue weighted by molar-refractivity contribution is 7.91. The Morgan fingerprint density at radius 1 is 1.21 bits per heavy atom. The molecule has 1 unspecified atom stereocenters. The molecule has 1 atom stereocenters. The summed E-state index contributed by atoms with van der Waals surface area (Å²) in [4.78, 5) is 0.395. The van der Waals surface area contributed by atoms with E-state index in [0.717, 1.165) is 5.56 Å². The van der Waals surface area contributed by atoms with Crippen molar-refractivity contribution in [3.05, 3.63) is 29.8 Å². The summed E-state index contributed by atoms with van der Waals surface area (Å²) < 4.78 is 24.1. The number of rotatable bonds is 7. The van der Waals surface area contributed by atoms with E-state index in [9.17, 15) is 8.42 Å².